The fourth-order valence-corrected chi connectivity index (χ4v) is 11.1. The number of pyridine rings is 1. The van der Waals surface area contributed by atoms with Gasteiger partial charge < -0.3 is 9.67 Å². The van der Waals surface area contributed by atoms with Gasteiger partial charge in [-0.3, -0.25) is 9.55 Å². The maximum absolute atomic E-state index is 12.6. The minimum Gasteiger partial charge on any atom is -0.507 e. The molecule has 80 heavy (non-hydrogen) atoms. The fourth-order valence-electron chi connectivity index (χ4n) is 11.1. The van der Waals surface area contributed by atoms with E-state index >= 15 is 0 Å². The standard InChI is InChI=1S/C74H75N4O.Pt/c1-70(2,3)52-36-50(35-51(37-52)63-39-49(33-34-75-63)48-31-32-60-59-27-19-20-29-64(59)77(66(60)40-48)56-26-21-25-47(38-56)46-23-17-16-18-24-46)58-28-22-30-65-67(58)76-69(61-44-55(73(10,11)12)45-62(68(61)79)74(13,14)15)78(65)57-42-53(71(4,5)6)41-54(43-57)72(7,8)9;/h16-34,36-45,79H,1-15H3;/q-1;. The molecular weight excluding hydrogens is 1160 g/mol. The first-order valence-corrected chi connectivity index (χ1v) is 28.0. The maximum Gasteiger partial charge on any atom is 0.148 e. The quantitative estimate of drug-likeness (QED) is 0.162. The maximum atomic E-state index is 12.6. The second-order valence-corrected chi connectivity index (χ2v) is 27.0. The first kappa shape index (κ1) is 56.0. The van der Waals surface area contributed by atoms with E-state index in [4.69, 9.17) is 9.97 Å². The summed E-state index contributed by atoms with van der Waals surface area (Å²) in [7, 11) is 0. The summed E-state index contributed by atoms with van der Waals surface area (Å²) in [6.07, 6.45) is 1.93. The summed E-state index contributed by atoms with van der Waals surface area (Å²) in [6, 6.07) is 65.7. The van der Waals surface area contributed by atoms with Crippen molar-refractivity contribution in [3.63, 3.8) is 0 Å². The van der Waals surface area contributed by atoms with Crippen LogP contribution >= 0.6 is 0 Å². The van der Waals surface area contributed by atoms with Crippen molar-refractivity contribution < 1.29 is 26.2 Å². The first-order chi connectivity index (χ1) is 37.2. The molecule has 11 rings (SSSR count). The second kappa shape index (κ2) is 20.3. The van der Waals surface area contributed by atoms with Gasteiger partial charge in [0.05, 0.1) is 27.6 Å². The number of rotatable bonds is 7. The molecule has 0 saturated heterocycles. The van der Waals surface area contributed by atoms with Crippen LogP contribution in [0.2, 0.25) is 0 Å². The topological polar surface area (TPSA) is 55.9 Å². The van der Waals surface area contributed by atoms with E-state index in [1.165, 1.54) is 44.1 Å². The van der Waals surface area contributed by atoms with E-state index in [0.717, 1.165) is 72.6 Å². The molecule has 0 atom stereocenters. The molecule has 11 aromatic rings. The van der Waals surface area contributed by atoms with E-state index in [1.54, 1.807) is 0 Å². The van der Waals surface area contributed by atoms with Crippen molar-refractivity contribution in [3.05, 3.63) is 210 Å². The van der Waals surface area contributed by atoms with Crippen molar-refractivity contribution in [2.75, 3.05) is 0 Å². The van der Waals surface area contributed by atoms with E-state index in [0.29, 0.717) is 11.4 Å². The van der Waals surface area contributed by atoms with Crippen LogP contribution in [0, 0.1) is 6.07 Å². The van der Waals surface area contributed by atoms with Crippen LogP contribution in [0.1, 0.15) is 132 Å². The van der Waals surface area contributed by atoms with Crippen LogP contribution in [0.25, 0.3) is 100 Å². The van der Waals surface area contributed by atoms with E-state index in [9.17, 15) is 5.11 Å². The third kappa shape index (κ3) is 10.5. The zero-order chi connectivity index (χ0) is 56.1. The first-order valence-electron chi connectivity index (χ1n) is 28.0. The summed E-state index contributed by atoms with van der Waals surface area (Å²) in [4.78, 5) is 10.8. The minimum atomic E-state index is -0.333. The molecule has 0 aliphatic rings. The number of imidazole rings is 1. The van der Waals surface area contributed by atoms with Gasteiger partial charge in [-0.2, -0.15) is 0 Å². The Labute approximate surface area is 489 Å². The average molecular weight is 1230 g/mol. The predicted octanol–water partition coefficient (Wildman–Crippen LogP) is 19.8. The number of benzene rings is 8. The third-order valence-electron chi connectivity index (χ3n) is 15.9. The van der Waals surface area contributed by atoms with Gasteiger partial charge in [0, 0.05) is 60.7 Å². The molecule has 0 radical (unpaired) electrons. The minimum absolute atomic E-state index is 0. The predicted molar refractivity (Wildman–Crippen MR) is 334 cm³/mol. The van der Waals surface area contributed by atoms with Crippen LogP contribution in [0.15, 0.2) is 176 Å². The number of aromatic nitrogens is 4. The van der Waals surface area contributed by atoms with Crippen molar-refractivity contribution in [1.82, 2.24) is 19.1 Å². The van der Waals surface area contributed by atoms with Crippen molar-refractivity contribution in [3.8, 4) is 73.2 Å². The smallest absolute Gasteiger partial charge is 0.148 e. The van der Waals surface area contributed by atoms with Crippen LogP contribution < -0.4 is 0 Å². The molecule has 3 aromatic heterocycles. The van der Waals surface area contributed by atoms with Crippen LogP contribution in [0.4, 0.5) is 0 Å². The summed E-state index contributed by atoms with van der Waals surface area (Å²) in [5, 5.41) is 15.1. The molecule has 408 valence electrons. The van der Waals surface area contributed by atoms with Crippen LogP contribution in [-0.2, 0) is 48.1 Å². The van der Waals surface area contributed by atoms with Crippen LogP contribution in [-0.4, -0.2) is 24.2 Å². The molecule has 0 unspecified atom stereocenters. The summed E-state index contributed by atoms with van der Waals surface area (Å²) < 4.78 is 4.70. The van der Waals surface area contributed by atoms with Crippen molar-refractivity contribution >= 4 is 32.8 Å². The molecule has 0 fully saturated rings. The Hall–Kier alpha value is -7.33. The van der Waals surface area contributed by atoms with Gasteiger partial charge in [-0.15, -0.1) is 29.3 Å². The second-order valence-electron chi connectivity index (χ2n) is 27.0. The van der Waals surface area contributed by atoms with Gasteiger partial charge in [0.2, 0.25) is 0 Å². The van der Waals surface area contributed by atoms with Gasteiger partial charge in [-0.05, 0) is 121 Å². The summed E-state index contributed by atoms with van der Waals surface area (Å²) in [5.74, 6) is 0.956. The van der Waals surface area contributed by atoms with E-state index < -0.39 is 0 Å². The molecule has 5 nitrogen and oxygen atoms in total. The molecule has 1 N–H and O–H groups in total. The van der Waals surface area contributed by atoms with Crippen LogP contribution in [0.5, 0.6) is 5.75 Å². The fraction of sp³-hybridized carbons (Fsp3) is 0.270. The van der Waals surface area contributed by atoms with Gasteiger partial charge in [-0.1, -0.05) is 218 Å². The molecule has 0 bridgehead atoms. The molecular formula is C74H75N4OPt-. The molecule has 0 amide bonds. The molecule has 0 spiro atoms. The molecule has 8 aromatic carbocycles. The third-order valence-corrected chi connectivity index (χ3v) is 15.9. The normalized spacial score (nSPS) is 12.6. The number of aromatic hydroxyl groups is 1. The number of para-hydroxylation sites is 2. The number of fused-ring (bicyclic) bond motifs is 4. The zero-order valence-corrected chi connectivity index (χ0v) is 51.6. The number of phenols is 1. The molecule has 6 heteroatoms. The Bertz CT molecular complexity index is 4130. The summed E-state index contributed by atoms with van der Waals surface area (Å²) >= 11 is 0. The Morgan fingerprint density at radius 3 is 1.64 bits per heavy atom. The summed E-state index contributed by atoms with van der Waals surface area (Å²) in [5.41, 5.74) is 19.8. The Kier molecular flexibility index (Phi) is 14.2. The van der Waals surface area contributed by atoms with Gasteiger partial charge >= 0.3 is 0 Å². The average Bonchev–Trinajstić information content (AvgIpc) is 3.98. The molecule has 0 aliphatic heterocycles. The SMILES string of the molecule is CC(C)(C)c1cc(-c2cc(-c3ccc4c5ccccc5n(-c5cccc(-c6ccccc6)c5)c4c3)ccn2)[c-]c(-c2cccc3c2nc(-c2cc(C(C)(C)C)cc(C(C)(C)C)c2O)n3-c2cc(C(C)(C)C)cc(C(C)(C)C)c2)c1.[Pt]. The Morgan fingerprint density at radius 1 is 0.400 bits per heavy atom. The van der Waals surface area contributed by atoms with Crippen molar-refractivity contribution in [1.29, 1.82) is 0 Å². The van der Waals surface area contributed by atoms with Gasteiger partial charge in [-0.25, -0.2) is 4.98 Å². The van der Waals surface area contributed by atoms with Crippen LogP contribution in [0.3, 0.4) is 0 Å². The van der Waals surface area contributed by atoms with Crippen molar-refractivity contribution in [2.24, 2.45) is 0 Å². The van der Waals surface area contributed by atoms with Crippen molar-refractivity contribution in [2.45, 2.75) is 131 Å². The van der Waals surface area contributed by atoms with Gasteiger partial charge in [0.25, 0.3) is 0 Å². The summed E-state index contributed by atoms with van der Waals surface area (Å²) in [6.45, 7) is 33.7. The molecule has 0 saturated carbocycles. The largest absolute Gasteiger partial charge is 0.507 e. The Morgan fingerprint density at radius 2 is 0.963 bits per heavy atom. The monoisotopic (exact) mass is 1230 g/mol. The zero-order valence-electron chi connectivity index (χ0n) is 49.3. The number of hydrogen-bond acceptors (Lipinski definition) is 3. The number of hydrogen-bond donors (Lipinski definition) is 1. The van der Waals surface area contributed by atoms with Gasteiger partial charge in [0.15, 0.2) is 0 Å². The van der Waals surface area contributed by atoms with E-state index in [-0.39, 0.29) is 53.9 Å². The molecule has 3 heterocycles. The number of phenolic OH excluding ortho intramolecular Hbond substituents is 1. The Balaban J connectivity index is 0.00000720. The van der Waals surface area contributed by atoms with E-state index in [2.05, 4.69) is 289 Å². The number of nitrogens with zero attached hydrogens (tertiary/aromatic N) is 4. The van der Waals surface area contributed by atoms with Gasteiger partial charge in [0.1, 0.15) is 11.6 Å². The molecule has 0 aliphatic carbocycles. The van der Waals surface area contributed by atoms with E-state index in [1.807, 2.05) is 6.20 Å².